The van der Waals surface area contributed by atoms with Gasteiger partial charge in [-0.3, -0.25) is 9.59 Å². The SMILES string of the molecule is Cc1ccc(NC(=O)C(C)C)cc1NCC(=O)Nc1ccc(C(C)C)cc1. The van der Waals surface area contributed by atoms with Crippen molar-refractivity contribution in [2.75, 3.05) is 22.5 Å². The van der Waals surface area contributed by atoms with E-state index in [1.165, 1.54) is 5.56 Å². The van der Waals surface area contributed by atoms with Crippen LogP contribution in [0.5, 0.6) is 0 Å². The lowest BCUT2D eigenvalue weighted by molar-refractivity contribution is -0.119. The van der Waals surface area contributed by atoms with Crippen LogP contribution < -0.4 is 16.0 Å². The summed E-state index contributed by atoms with van der Waals surface area (Å²) in [6.07, 6.45) is 0. The van der Waals surface area contributed by atoms with E-state index in [1.54, 1.807) is 0 Å². The molecule has 0 saturated carbocycles. The van der Waals surface area contributed by atoms with Gasteiger partial charge in [-0.25, -0.2) is 0 Å². The third-order valence-electron chi connectivity index (χ3n) is 4.33. The Morgan fingerprint density at radius 3 is 2.11 bits per heavy atom. The zero-order chi connectivity index (χ0) is 20.0. The summed E-state index contributed by atoms with van der Waals surface area (Å²) in [6.45, 7) is 10.1. The third-order valence-corrected chi connectivity index (χ3v) is 4.33. The number of carbonyl (C=O) groups is 2. The minimum Gasteiger partial charge on any atom is -0.376 e. The van der Waals surface area contributed by atoms with Crippen molar-refractivity contribution in [3.63, 3.8) is 0 Å². The first-order valence-corrected chi connectivity index (χ1v) is 9.31. The van der Waals surface area contributed by atoms with Crippen LogP contribution in [0.3, 0.4) is 0 Å². The molecular formula is C22H29N3O2. The van der Waals surface area contributed by atoms with Gasteiger partial charge < -0.3 is 16.0 Å². The van der Waals surface area contributed by atoms with Crippen LogP contribution in [0.1, 0.15) is 44.7 Å². The number of hydrogen-bond acceptors (Lipinski definition) is 3. The van der Waals surface area contributed by atoms with E-state index in [9.17, 15) is 9.59 Å². The van der Waals surface area contributed by atoms with E-state index in [-0.39, 0.29) is 24.3 Å². The molecular weight excluding hydrogens is 338 g/mol. The summed E-state index contributed by atoms with van der Waals surface area (Å²) in [5.74, 6) is 0.217. The predicted molar refractivity (Wildman–Crippen MR) is 112 cm³/mol. The van der Waals surface area contributed by atoms with Crippen LogP contribution in [-0.2, 0) is 9.59 Å². The molecule has 0 radical (unpaired) electrons. The van der Waals surface area contributed by atoms with Gasteiger partial charge in [-0.1, -0.05) is 45.9 Å². The van der Waals surface area contributed by atoms with Crippen molar-refractivity contribution in [3.05, 3.63) is 53.6 Å². The summed E-state index contributed by atoms with van der Waals surface area (Å²) in [7, 11) is 0. The maximum absolute atomic E-state index is 12.2. The van der Waals surface area contributed by atoms with E-state index < -0.39 is 0 Å². The zero-order valence-electron chi connectivity index (χ0n) is 16.7. The summed E-state index contributed by atoms with van der Waals surface area (Å²) in [5, 5.41) is 8.90. The third kappa shape index (κ3) is 6.13. The average Bonchev–Trinajstić information content (AvgIpc) is 2.62. The van der Waals surface area contributed by atoms with Gasteiger partial charge >= 0.3 is 0 Å². The standard InChI is InChI=1S/C22H29N3O2/c1-14(2)17-7-10-18(11-8-17)24-21(26)13-23-20-12-19(9-6-16(20)5)25-22(27)15(3)4/h6-12,14-15,23H,13H2,1-5H3,(H,24,26)(H,25,27). The van der Waals surface area contributed by atoms with E-state index >= 15 is 0 Å². The topological polar surface area (TPSA) is 70.2 Å². The van der Waals surface area contributed by atoms with Crippen LogP contribution in [0.4, 0.5) is 17.1 Å². The van der Waals surface area contributed by atoms with Crippen LogP contribution in [0.25, 0.3) is 0 Å². The van der Waals surface area contributed by atoms with Gasteiger partial charge in [0.2, 0.25) is 11.8 Å². The molecule has 0 fully saturated rings. The average molecular weight is 367 g/mol. The van der Waals surface area contributed by atoms with Crippen molar-refractivity contribution in [3.8, 4) is 0 Å². The highest BCUT2D eigenvalue weighted by Gasteiger charge is 2.09. The van der Waals surface area contributed by atoms with E-state index in [0.29, 0.717) is 11.6 Å². The zero-order valence-corrected chi connectivity index (χ0v) is 16.7. The fraction of sp³-hybridized carbons (Fsp3) is 0.364. The molecule has 0 saturated heterocycles. The van der Waals surface area contributed by atoms with Crippen LogP contribution >= 0.6 is 0 Å². The lowest BCUT2D eigenvalue weighted by Crippen LogP contribution is -2.22. The molecule has 0 atom stereocenters. The minimum atomic E-state index is -0.122. The fourth-order valence-electron chi connectivity index (χ4n) is 2.51. The summed E-state index contributed by atoms with van der Waals surface area (Å²) < 4.78 is 0. The second-order valence-corrected chi connectivity index (χ2v) is 7.35. The van der Waals surface area contributed by atoms with Crippen molar-refractivity contribution >= 4 is 28.9 Å². The van der Waals surface area contributed by atoms with Gasteiger partial charge in [0.25, 0.3) is 0 Å². The number of rotatable bonds is 7. The van der Waals surface area contributed by atoms with Crippen molar-refractivity contribution in [2.45, 2.75) is 40.5 Å². The molecule has 0 aromatic heterocycles. The van der Waals surface area contributed by atoms with Gasteiger partial charge in [-0.05, 0) is 48.2 Å². The second-order valence-electron chi connectivity index (χ2n) is 7.35. The minimum absolute atomic E-state index is 0.0348. The van der Waals surface area contributed by atoms with Crippen LogP contribution in [0, 0.1) is 12.8 Å². The van der Waals surface area contributed by atoms with Gasteiger partial charge in [-0.15, -0.1) is 0 Å². The summed E-state index contributed by atoms with van der Waals surface area (Å²) >= 11 is 0. The van der Waals surface area contributed by atoms with Gasteiger partial charge in [0.1, 0.15) is 0 Å². The lowest BCUT2D eigenvalue weighted by Gasteiger charge is -2.13. The number of carbonyl (C=O) groups excluding carboxylic acids is 2. The molecule has 0 unspecified atom stereocenters. The summed E-state index contributed by atoms with van der Waals surface area (Å²) in [4.78, 5) is 24.1. The summed E-state index contributed by atoms with van der Waals surface area (Å²) in [5.41, 5.74) is 4.56. The molecule has 2 aromatic rings. The number of benzene rings is 2. The first-order chi connectivity index (χ1) is 12.8. The quantitative estimate of drug-likeness (QED) is 0.660. The van der Waals surface area contributed by atoms with Crippen LogP contribution in [0.2, 0.25) is 0 Å². The van der Waals surface area contributed by atoms with Crippen molar-refractivity contribution in [2.24, 2.45) is 5.92 Å². The lowest BCUT2D eigenvalue weighted by atomic mass is 10.0. The van der Waals surface area contributed by atoms with Crippen LogP contribution in [-0.4, -0.2) is 18.4 Å². The smallest absolute Gasteiger partial charge is 0.243 e. The molecule has 0 spiro atoms. The first kappa shape index (κ1) is 20.5. The Labute approximate surface area is 161 Å². The Balaban J connectivity index is 1.94. The molecule has 27 heavy (non-hydrogen) atoms. The maximum atomic E-state index is 12.2. The molecule has 3 N–H and O–H groups in total. The van der Waals surface area contributed by atoms with E-state index in [0.717, 1.165) is 16.9 Å². The second kappa shape index (κ2) is 9.21. The van der Waals surface area contributed by atoms with Crippen molar-refractivity contribution in [1.29, 1.82) is 0 Å². The largest absolute Gasteiger partial charge is 0.376 e. The molecule has 5 nitrogen and oxygen atoms in total. The monoisotopic (exact) mass is 367 g/mol. The predicted octanol–water partition coefficient (Wildman–Crippen LogP) is 4.76. The molecule has 0 bridgehead atoms. The molecule has 0 aliphatic heterocycles. The Kier molecular flexibility index (Phi) is 6.99. The number of nitrogens with one attached hydrogen (secondary N) is 3. The number of aryl methyl sites for hydroxylation is 1. The molecule has 144 valence electrons. The molecule has 0 heterocycles. The Morgan fingerprint density at radius 1 is 0.889 bits per heavy atom. The molecule has 2 aromatic carbocycles. The van der Waals surface area contributed by atoms with E-state index in [2.05, 4.69) is 29.8 Å². The van der Waals surface area contributed by atoms with Crippen molar-refractivity contribution in [1.82, 2.24) is 0 Å². The Hall–Kier alpha value is -2.82. The van der Waals surface area contributed by atoms with Gasteiger partial charge in [0, 0.05) is 23.0 Å². The van der Waals surface area contributed by atoms with Gasteiger partial charge in [0.15, 0.2) is 0 Å². The molecule has 0 aliphatic carbocycles. The van der Waals surface area contributed by atoms with E-state index in [1.807, 2.05) is 63.2 Å². The Bertz CT molecular complexity index is 796. The van der Waals surface area contributed by atoms with Gasteiger partial charge in [-0.2, -0.15) is 0 Å². The van der Waals surface area contributed by atoms with Crippen LogP contribution in [0.15, 0.2) is 42.5 Å². The fourth-order valence-corrected chi connectivity index (χ4v) is 2.51. The number of hydrogen-bond donors (Lipinski definition) is 3. The Morgan fingerprint density at radius 2 is 1.52 bits per heavy atom. The highest BCUT2D eigenvalue weighted by atomic mass is 16.2. The highest BCUT2D eigenvalue weighted by molar-refractivity contribution is 5.95. The molecule has 2 rings (SSSR count). The summed E-state index contributed by atoms with van der Waals surface area (Å²) in [6, 6.07) is 13.5. The number of amides is 2. The molecule has 0 aliphatic rings. The van der Waals surface area contributed by atoms with Crippen molar-refractivity contribution < 1.29 is 9.59 Å². The molecule has 2 amide bonds. The first-order valence-electron chi connectivity index (χ1n) is 9.31. The maximum Gasteiger partial charge on any atom is 0.243 e. The normalized spacial score (nSPS) is 10.8. The van der Waals surface area contributed by atoms with Gasteiger partial charge in [0.05, 0.1) is 6.54 Å². The highest BCUT2D eigenvalue weighted by Crippen LogP contribution is 2.21. The molecule has 5 heteroatoms. The number of anilines is 3. The van der Waals surface area contributed by atoms with E-state index in [4.69, 9.17) is 0 Å².